The lowest BCUT2D eigenvalue weighted by Gasteiger charge is -2.51. The van der Waals surface area contributed by atoms with Crippen LogP contribution in [-0.2, 0) is 24.6 Å². The van der Waals surface area contributed by atoms with Gasteiger partial charge in [-0.05, 0) is 95.8 Å². The van der Waals surface area contributed by atoms with Crippen molar-refractivity contribution in [1.29, 1.82) is 0 Å². The summed E-state index contributed by atoms with van der Waals surface area (Å²) in [5.74, 6) is -5.30. The second-order valence-corrected chi connectivity index (χ2v) is 15.8. The fourth-order valence-electron chi connectivity index (χ4n) is 10.3. The van der Waals surface area contributed by atoms with Crippen LogP contribution in [0.3, 0.4) is 0 Å². The Labute approximate surface area is 334 Å². The molecule has 2 aliphatic carbocycles. The van der Waals surface area contributed by atoms with E-state index in [9.17, 15) is 14.7 Å². The largest absolute Gasteiger partial charge is 0.508 e. The summed E-state index contributed by atoms with van der Waals surface area (Å²) in [7, 11) is 0. The molecule has 2 heterocycles. The van der Waals surface area contributed by atoms with Gasteiger partial charge in [0.25, 0.3) is 0 Å². The van der Waals surface area contributed by atoms with Crippen LogP contribution in [0.5, 0.6) is 5.75 Å². The van der Waals surface area contributed by atoms with Gasteiger partial charge in [-0.25, -0.2) is 4.90 Å². The Bertz CT molecular complexity index is 2660. The maximum atomic E-state index is 15.6. The smallest absolute Gasteiger partial charge is 0.246 e. The standard InChI is InChI=1S/C48H36ClN3O5/c49-30-13-9-16-34(26-30)52-45(55)39-27-38-36(23-24-37-41(38)46(56)51(44(37)54)33-21-19-32(20-22-33)50-31-14-5-2-6-15-31)43(48(39,47(52)57)29-11-3-1-4-12-29)42-35-17-8-7-10-28(35)18-25-40(42)53/h1-23,25-26,37-39,41,43,50,53H,24,27H2/t37-,38+,39-,41-,43+,48+/m0/s1. The Morgan fingerprint density at radius 2 is 1.35 bits per heavy atom. The number of amides is 4. The first kappa shape index (κ1) is 34.9. The third-order valence-electron chi connectivity index (χ3n) is 12.6. The number of phenols is 1. The number of benzene rings is 6. The van der Waals surface area contributed by atoms with Gasteiger partial charge >= 0.3 is 0 Å². The SMILES string of the molecule is O=C1[C@H]2[C@H](CC=C3[C@H]2C[C@H]2C(=O)N(c4cccc(Cl)c4)C(=O)[C@@]2(c2ccccc2)[C@H]3c2c(O)ccc3ccccc23)C(=O)N1c1ccc(Nc2ccccc2)cc1. The summed E-state index contributed by atoms with van der Waals surface area (Å²) in [6.45, 7) is 0. The van der Waals surface area contributed by atoms with Gasteiger partial charge in [-0.3, -0.25) is 24.1 Å². The Balaban J connectivity index is 1.14. The van der Waals surface area contributed by atoms with E-state index in [1.54, 1.807) is 42.5 Å². The van der Waals surface area contributed by atoms with Gasteiger partial charge in [0.1, 0.15) is 5.75 Å². The Kier molecular flexibility index (Phi) is 8.16. The fraction of sp³-hybridized carbons (Fsp3) is 0.167. The van der Waals surface area contributed by atoms with Gasteiger partial charge in [-0.15, -0.1) is 0 Å². The van der Waals surface area contributed by atoms with E-state index in [2.05, 4.69) is 5.32 Å². The van der Waals surface area contributed by atoms with E-state index in [1.165, 1.54) is 9.80 Å². The van der Waals surface area contributed by atoms with Crippen molar-refractivity contribution in [1.82, 2.24) is 0 Å². The fourth-order valence-corrected chi connectivity index (χ4v) is 10.5. The van der Waals surface area contributed by atoms with Gasteiger partial charge < -0.3 is 10.4 Å². The van der Waals surface area contributed by atoms with Crippen LogP contribution in [-0.4, -0.2) is 28.7 Å². The van der Waals surface area contributed by atoms with E-state index in [0.717, 1.165) is 27.7 Å². The molecule has 1 saturated carbocycles. The highest BCUT2D eigenvalue weighted by Crippen LogP contribution is 2.66. The molecule has 0 aromatic heterocycles. The van der Waals surface area contributed by atoms with Crippen LogP contribution in [0, 0.1) is 23.7 Å². The number of phenolic OH excluding ortho intramolecular Hbond substituents is 1. The van der Waals surface area contributed by atoms with E-state index >= 15 is 9.59 Å². The number of allylic oxidation sites excluding steroid dienone is 2. The lowest BCUT2D eigenvalue weighted by Crippen LogP contribution is -2.53. The van der Waals surface area contributed by atoms with Crippen LogP contribution in [0.15, 0.2) is 157 Å². The van der Waals surface area contributed by atoms with E-state index in [1.807, 2.05) is 109 Å². The van der Waals surface area contributed by atoms with Gasteiger partial charge in [0, 0.05) is 27.9 Å². The number of fused-ring (bicyclic) bond motifs is 5. The number of imide groups is 2. The molecule has 280 valence electrons. The highest BCUT2D eigenvalue weighted by atomic mass is 35.5. The number of nitrogens with one attached hydrogen (secondary N) is 1. The molecule has 2 aliphatic heterocycles. The quantitative estimate of drug-likeness (QED) is 0.129. The molecule has 0 spiro atoms. The van der Waals surface area contributed by atoms with Crippen LogP contribution in [0.2, 0.25) is 5.02 Å². The molecule has 2 N–H and O–H groups in total. The third kappa shape index (κ3) is 5.20. The lowest BCUT2D eigenvalue weighted by molar-refractivity contribution is -0.127. The third-order valence-corrected chi connectivity index (χ3v) is 12.8. The summed E-state index contributed by atoms with van der Waals surface area (Å²) >= 11 is 6.46. The highest BCUT2D eigenvalue weighted by molar-refractivity contribution is 6.32. The normalized spacial score (nSPS) is 25.3. The van der Waals surface area contributed by atoms with Crippen molar-refractivity contribution in [3.8, 4) is 5.75 Å². The number of nitrogens with zero attached hydrogens (tertiary/aromatic N) is 2. The van der Waals surface area contributed by atoms with Crippen molar-refractivity contribution in [3.05, 3.63) is 173 Å². The van der Waals surface area contributed by atoms with Crippen LogP contribution >= 0.6 is 11.6 Å². The van der Waals surface area contributed by atoms with Gasteiger partial charge in [-0.1, -0.05) is 108 Å². The molecular formula is C48H36ClN3O5. The Hall–Kier alpha value is -6.51. The molecule has 6 aromatic rings. The molecule has 57 heavy (non-hydrogen) atoms. The molecule has 6 atom stereocenters. The number of hydrogen-bond donors (Lipinski definition) is 2. The predicted molar refractivity (Wildman–Crippen MR) is 220 cm³/mol. The topological polar surface area (TPSA) is 107 Å². The monoisotopic (exact) mass is 769 g/mol. The summed E-state index contributed by atoms with van der Waals surface area (Å²) in [6, 6.07) is 44.1. The number of halogens is 1. The van der Waals surface area contributed by atoms with Gasteiger partial charge in [0.05, 0.1) is 34.5 Å². The molecule has 2 saturated heterocycles. The molecule has 8 nitrogen and oxygen atoms in total. The van der Waals surface area contributed by atoms with E-state index in [0.29, 0.717) is 27.5 Å². The van der Waals surface area contributed by atoms with Crippen molar-refractivity contribution in [3.63, 3.8) is 0 Å². The minimum atomic E-state index is -1.51. The van der Waals surface area contributed by atoms with Crippen LogP contribution < -0.4 is 15.1 Å². The van der Waals surface area contributed by atoms with Crippen molar-refractivity contribution in [2.45, 2.75) is 24.2 Å². The van der Waals surface area contributed by atoms with Crippen LogP contribution in [0.1, 0.15) is 29.9 Å². The second kappa shape index (κ2) is 13.3. The van der Waals surface area contributed by atoms with Gasteiger partial charge in [0.2, 0.25) is 23.6 Å². The molecule has 3 fully saturated rings. The zero-order valence-electron chi connectivity index (χ0n) is 30.6. The molecular weight excluding hydrogens is 734 g/mol. The minimum Gasteiger partial charge on any atom is -0.508 e. The highest BCUT2D eigenvalue weighted by Gasteiger charge is 2.70. The Morgan fingerprint density at radius 3 is 2.11 bits per heavy atom. The number of rotatable bonds is 6. The lowest BCUT2D eigenvalue weighted by atomic mass is 9.48. The van der Waals surface area contributed by atoms with E-state index in [-0.39, 0.29) is 30.4 Å². The van der Waals surface area contributed by atoms with Gasteiger partial charge in [0.15, 0.2) is 0 Å². The summed E-state index contributed by atoms with van der Waals surface area (Å²) in [5.41, 5.74) is 2.95. The number of carbonyl (C=O) groups excluding carboxylic acids is 4. The molecule has 4 aliphatic rings. The van der Waals surface area contributed by atoms with Crippen molar-refractivity contribution in [2.75, 3.05) is 15.1 Å². The van der Waals surface area contributed by atoms with Crippen molar-refractivity contribution < 1.29 is 24.3 Å². The average molecular weight is 770 g/mol. The summed E-state index contributed by atoms with van der Waals surface area (Å²) in [4.78, 5) is 62.5. The number of aromatic hydroxyl groups is 1. The van der Waals surface area contributed by atoms with E-state index in [4.69, 9.17) is 11.6 Å². The molecule has 9 heteroatoms. The van der Waals surface area contributed by atoms with Crippen molar-refractivity contribution >= 4 is 68.8 Å². The summed E-state index contributed by atoms with van der Waals surface area (Å²) < 4.78 is 0. The van der Waals surface area contributed by atoms with Gasteiger partial charge in [-0.2, -0.15) is 0 Å². The first-order valence-electron chi connectivity index (χ1n) is 19.2. The molecule has 4 amide bonds. The zero-order valence-corrected chi connectivity index (χ0v) is 31.3. The zero-order chi connectivity index (χ0) is 39.0. The van der Waals surface area contributed by atoms with Crippen LogP contribution in [0.4, 0.5) is 22.7 Å². The molecule has 10 rings (SSSR count). The molecule has 0 radical (unpaired) electrons. The first-order chi connectivity index (χ1) is 27.8. The number of hydrogen-bond acceptors (Lipinski definition) is 6. The second-order valence-electron chi connectivity index (χ2n) is 15.4. The number of para-hydroxylation sites is 1. The summed E-state index contributed by atoms with van der Waals surface area (Å²) in [6.07, 6.45) is 2.43. The number of carbonyl (C=O) groups is 4. The Morgan fingerprint density at radius 1 is 0.649 bits per heavy atom. The predicted octanol–water partition coefficient (Wildman–Crippen LogP) is 9.31. The molecule has 0 bridgehead atoms. The summed E-state index contributed by atoms with van der Waals surface area (Å²) in [5, 5.41) is 17.3. The first-order valence-corrected chi connectivity index (χ1v) is 19.5. The minimum absolute atomic E-state index is 0.0162. The molecule has 6 aromatic carbocycles. The number of anilines is 4. The van der Waals surface area contributed by atoms with Crippen LogP contribution in [0.25, 0.3) is 10.8 Å². The maximum Gasteiger partial charge on any atom is 0.246 e. The molecule has 0 unspecified atom stereocenters. The van der Waals surface area contributed by atoms with E-state index < -0.39 is 46.8 Å². The average Bonchev–Trinajstić information content (AvgIpc) is 3.62. The maximum absolute atomic E-state index is 15.6. The van der Waals surface area contributed by atoms with Crippen molar-refractivity contribution in [2.24, 2.45) is 23.7 Å².